The van der Waals surface area contributed by atoms with Crippen LogP contribution < -0.4 is 11.3 Å². The molecule has 94 valence electrons. The molecular weight excluding hydrogens is 254 g/mol. The van der Waals surface area contributed by atoms with Gasteiger partial charge in [-0.3, -0.25) is 5.84 Å². The van der Waals surface area contributed by atoms with Crippen LogP contribution in [0.3, 0.4) is 0 Å². The van der Waals surface area contributed by atoms with E-state index in [1.807, 2.05) is 48.5 Å². The van der Waals surface area contributed by atoms with Gasteiger partial charge >= 0.3 is 0 Å². The minimum Gasteiger partial charge on any atom is -0.324 e. The summed E-state index contributed by atoms with van der Waals surface area (Å²) >= 11 is 1.64. The number of nitrogen functional groups attached to an aromatic ring is 1. The van der Waals surface area contributed by atoms with Gasteiger partial charge in [0.15, 0.2) is 0 Å². The molecular formula is C15H13N3S. The highest BCUT2D eigenvalue weighted by molar-refractivity contribution is 7.99. The van der Waals surface area contributed by atoms with Crippen molar-refractivity contribution in [2.45, 2.75) is 9.92 Å². The number of hydrazine groups is 1. The lowest BCUT2D eigenvalue weighted by atomic mass is 10.2. The summed E-state index contributed by atoms with van der Waals surface area (Å²) in [6, 6.07) is 20.2. The molecule has 0 radical (unpaired) electrons. The average Bonchev–Trinajstić information content (AvgIpc) is 2.48. The third-order valence-electron chi connectivity index (χ3n) is 2.82. The third-order valence-corrected chi connectivity index (χ3v) is 3.76. The predicted molar refractivity (Wildman–Crippen MR) is 80.1 cm³/mol. The van der Waals surface area contributed by atoms with Crippen molar-refractivity contribution in [3.05, 3.63) is 60.7 Å². The van der Waals surface area contributed by atoms with E-state index in [1.54, 1.807) is 11.8 Å². The van der Waals surface area contributed by atoms with E-state index in [-0.39, 0.29) is 0 Å². The van der Waals surface area contributed by atoms with E-state index in [0.29, 0.717) is 0 Å². The van der Waals surface area contributed by atoms with E-state index < -0.39 is 0 Å². The fourth-order valence-electron chi connectivity index (χ4n) is 1.84. The van der Waals surface area contributed by atoms with Crippen LogP contribution in [0.4, 0.5) is 5.69 Å². The largest absolute Gasteiger partial charge is 0.324 e. The number of pyridine rings is 1. The van der Waals surface area contributed by atoms with Gasteiger partial charge in [0.25, 0.3) is 0 Å². The SMILES string of the molecule is NNc1ccc(Sc2ccc3ccccc3n2)cc1. The molecule has 0 amide bonds. The zero-order chi connectivity index (χ0) is 13.1. The van der Waals surface area contributed by atoms with E-state index >= 15 is 0 Å². The maximum atomic E-state index is 5.35. The fraction of sp³-hybridized carbons (Fsp3) is 0. The Morgan fingerprint density at radius 2 is 1.68 bits per heavy atom. The molecule has 2 aromatic carbocycles. The summed E-state index contributed by atoms with van der Waals surface area (Å²) in [5.74, 6) is 5.35. The van der Waals surface area contributed by atoms with Crippen molar-refractivity contribution < 1.29 is 0 Å². The fourth-order valence-corrected chi connectivity index (χ4v) is 2.64. The van der Waals surface area contributed by atoms with Gasteiger partial charge in [0.1, 0.15) is 5.03 Å². The molecule has 0 aliphatic heterocycles. The van der Waals surface area contributed by atoms with Crippen molar-refractivity contribution in [2.24, 2.45) is 5.84 Å². The first kappa shape index (κ1) is 12.0. The number of para-hydroxylation sites is 1. The molecule has 3 nitrogen and oxygen atoms in total. The molecule has 1 heterocycles. The highest BCUT2D eigenvalue weighted by Gasteiger charge is 2.01. The van der Waals surface area contributed by atoms with Crippen molar-refractivity contribution in [2.75, 3.05) is 5.43 Å². The number of nitrogens with two attached hydrogens (primary N) is 1. The molecule has 0 aliphatic carbocycles. The molecule has 0 aliphatic rings. The first-order valence-corrected chi connectivity index (χ1v) is 6.77. The van der Waals surface area contributed by atoms with Gasteiger partial charge in [-0.05, 0) is 36.4 Å². The second-order valence-electron chi connectivity index (χ2n) is 4.11. The summed E-state index contributed by atoms with van der Waals surface area (Å²) in [7, 11) is 0. The van der Waals surface area contributed by atoms with E-state index in [9.17, 15) is 0 Å². The molecule has 0 fully saturated rings. The van der Waals surface area contributed by atoms with Gasteiger partial charge in [-0.2, -0.15) is 0 Å². The zero-order valence-electron chi connectivity index (χ0n) is 10.2. The Hall–Kier alpha value is -2.04. The van der Waals surface area contributed by atoms with Gasteiger partial charge in [-0.25, -0.2) is 4.98 Å². The van der Waals surface area contributed by atoms with Gasteiger partial charge in [0, 0.05) is 16.0 Å². The number of nitrogens with one attached hydrogen (secondary N) is 1. The number of rotatable bonds is 3. The van der Waals surface area contributed by atoms with Crippen LogP contribution in [0.15, 0.2) is 70.6 Å². The van der Waals surface area contributed by atoms with Crippen LogP contribution in [0.25, 0.3) is 10.9 Å². The van der Waals surface area contributed by atoms with Crippen LogP contribution in [0.2, 0.25) is 0 Å². The summed E-state index contributed by atoms with van der Waals surface area (Å²) < 4.78 is 0. The lowest BCUT2D eigenvalue weighted by Crippen LogP contribution is -2.05. The van der Waals surface area contributed by atoms with Crippen LogP contribution in [0.5, 0.6) is 0 Å². The highest BCUT2D eigenvalue weighted by Crippen LogP contribution is 2.28. The molecule has 3 rings (SSSR count). The quantitative estimate of drug-likeness (QED) is 0.561. The molecule has 1 aromatic heterocycles. The Kier molecular flexibility index (Phi) is 3.35. The summed E-state index contributed by atoms with van der Waals surface area (Å²) in [6.07, 6.45) is 0. The van der Waals surface area contributed by atoms with Crippen LogP contribution in [-0.4, -0.2) is 4.98 Å². The molecule has 3 N–H and O–H groups in total. The molecule has 0 spiro atoms. The van der Waals surface area contributed by atoms with Crippen LogP contribution >= 0.6 is 11.8 Å². The number of benzene rings is 2. The summed E-state index contributed by atoms with van der Waals surface area (Å²) in [5, 5.41) is 2.15. The summed E-state index contributed by atoms with van der Waals surface area (Å²) in [4.78, 5) is 5.78. The summed E-state index contributed by atoms with van der Waals surface area (Å²) in [6.45, 7) is 0. The van der Waals surface area contributed by atoms with E-state index in [4.69, 9.17) is 5.84 Å². The maximum Gasteiger partial charge on any atom is 0.101 e. The first-order chi connectivity index (χ1) is 9.35. The number of hydrogen-bond acceptors (Lipinski definition) is 4. The van der Waals surface area contributed by atoms with Crippen LogP contribution in [0, 0.1) is 0 Å². The Morgan fingerprint density at radius 1 is 0.895 bits per heavy atom. The van der Waals surface area contributed by atoms with E-state index in [0.717, 1.165) is 26.5 Å². The third kappa shape index (κ3) is 2.70. The molecule has 0 unspecified atom stereocenters. The topological polar surface area (TPSA) is 50.9 Å². The Morgan fingerprint density at radius 3 is 2.47 bits per heavy atom. The highest BCUT2D eigenvalue weighted by atomic mass is 32.2. The molecule has 0 saturated carbocycles. The Bertz CT molecular complexity index is 695. The van der Waals surface area contributed by atoms with Crippen molar-refractivity contribution in [3.8, 4) is 0 Å². The van der Waals surface area contributed by atoms with Gasteiger partial charge in [0.2, 0.25) is 0 Å². The monoisotopic (exact) mass is 267 g/mol. The maximum absolute atomic E-state index is 5.35. The van der Waals surface area contributed by atoms with E-state index in [2.05, 4.69) is 22.5 Å². The van der Waals surface area contributed by atoms with Crippen LogP contribution in [0.1, 0.15) is 0 Å². The van der Waals surface area contributed by atoms with Gasteiger partial charge < -0.3 is 5.43 Å². The molecule has 0 atom stereocenters. The number of nitrogens with zero attached hydrogens (tertiary/aromatic N) is 1. The zero-order valence-corrected chi connectivity index (χ0v) is 11.0. The van der Waals surface area contributed by atoms with Crippen molar-refractivity contribution in [1.82, 2.24) is 4.98 Å². The van der Waals surface area contributed by atoms with Crippen molar-refractivity contribution >= 4 is 28.4 Å². The normalized spacial score (nSPS) is 10.6. The predicted octanol–water partition coefficient (Wildman–Crippen LogP) is 3.67. The van der Waals surface area contributed by atoms with Crippen molar-refractivity contribution in [1.29, 1.82) is 0 Å². The number of hydrogen-bond donors (Lipinski definition) is 2. The number of aromatic nitrogens is 1. The van der Waals surface area contributed by atoms with Crippen LogP contribution in [-0.2, 0) is 0 Å². The van der Waals surface area contributed by atoms with Gasteiger partial charge in [-0.1, -0.05) is 36.0 Å². The lowest BCUT2D eigenvalue weighted by molar-refractivity contribution is 1.18. The molecule has 4 heteroatoms. The molecule has 3 aromatic rings. The molecule has 0 bridgehead atoms. The molecule has 0 saturated heterocycles. The summed E-state index contributed by atoms with van der Waals surface area (Å²) in [5.41, 5.74) is 4.54. The van der Waals surface area contributed by atoms with Crippen molar-refractivity contribution in [3.63, 3.8) is 0 Å². The smallest absolute Gasteiger partial charge is 0.101 e. The lowest BCUT2D eigenvalue weighted by Gasteiger charge is -2.04. The Labute approximate surface area is 115 Å². The van der Waals surface area contributed by atoms with E-state index in [1.165, 1.54) is 0 Å². The number of fused-ring (bicyclic) bond motifs is 1. The Balaban J connectivity index is 1.87. The minimum atomic E-state index is 0.899. The number of anilines is 1. The standard InChI is InChI=1S/C15H13N3S/c16-18-12-6-8-13(9-7-12)19-15-10-5-11-3-1-2-4-14(11)17-15/h1-10,18H,16H2. The average molecular weight is 267 g/mol. The molecule has 19 heavy (non-hydrogen) atoms. The van der Waals surface area contributed by atoms with Gasteiger partial charge in [0.05, 0.1) is 5.52 Å². The second kappa shape index (κ2) is 5.30. The van der Waals surface area contributed by atoms with Gasteiger partial charge in [-0.15, -0.1) is 0 Å². The minimum absolute atomic E-state index is 0.899. The first-order valence-electron chi connectivity index (χ1n) is 5.95. The second-order valence-corrected chi connectivity index (χ2v) is 5.21.